The maximum atomic E-state index is 6.12. The van der Waals surface area contributed by atoms with E-state index in [4.69, 9.17) is 5.73 Å². The fourth-order valence-electron chi connectivity index (χ4n) is 2.58. The summed E-state index contributed by atoms with van der Waals surface area (Å²) in [6.45, 7) is 0. The molecule has 0 spiro atoms. The Morgan fingerprint density at radius 3 is 3.00 bits per heavy atom. The maximum Gasteiger partial charge on any atom is 0.123 e. The number of rotatable bonds is 3. The Morgan fingerprint density at radius 2 is 2.18 bits per heavy atom. The second-order valence-corrected chi connectivity index (χ2v) is 4.74. The maximum absolute atomic E-state index is 6.12. The van der Waals surface area contributed by atoms with Gasteiger partial charge in [-0.3, -0.25) is 0 Å². The molecule has 3 N–H and O–H groups in total. The zero-order chi connectivity index (χ0) is 11.7. The first kappa shape index (κ1) is 10.5. The lowest BCUT2D eigenvalue weighted by molar-refractivity contribution is 0.677. The number of H-pyrrole nitrogens is 1. The van der Waals surface area contributed by atoms with Gasteiger partial charge in [-0.1, -0.05) is 18.2 Å². The number of hydrogen-bond acceptors (Lipinski definition) is 2. The summed E-state index contributed by atoms with van der Waals surface area (Å²) < 4.78 is 0. The van der Waals surface area contributed by atoms with Gasteiger partial charge in [0.25, 0.3) is 0 Å². The second-order valence-electron chi connectivity index (χ2n) is 4.74. The third kappa shape index (κ3) is 2.11. The fourth-order valence-corrected chi connectivity index (χ4v) is 2.58. The van der Waals surface area contributed by atoms with E-state index in [2.05, 4.69) is 28.2 Å². The van der Waals surface area contributed by atoms with Crippen molar-refractivity contribution in [2.75, 3.05) is 0 Å². The summed E-state index contributed by atoms with van der Waals surface area (Å²) in [4.78, 5) is 7.28. The molecule has 2 aromatic rings. The van der Waals surface area contributed by atoms with Crippen LogP contribution in [0.1, 0.15) is 35.0 Å². The molecule has 3 rings (SSSR count). The van der Waals surface area contributed by atoms with Crippen molar-refractivity contribution in [1.82, 2.24) is 9.97 Å². The number of aromatic amines is 1. The third-order valence-corrected chi connectivity index (χ3v) is 3.49. The lowest BCUT2D eigenvalue weighted by atomic mass is 10.0. The summed E-state index contributed by atoms with van der Waals surface area (Å²) >= 11 is 0. The summed E-state index contributed by atoms with van der Waals surface area (Å²) in [5.74, 6) is 0.866. The van der Waals surface area contributed by atoms with Crippen LogP contribution in [0.2, 0.25) is 0 Å². The molecule has 1 aliphatic carbocycles. The van der Waals surface area contributed by atoms with Crippen LogP contribution in [0.25, 0.3) is 0 Å². The fraction of sp³-hybridized carbons (Fsp3) is 0.357. The van der Waals surface area contributed by atoms with Crippen LogP contribution in [0.15, 0.2) is 30.6 Å². The van der Waals surface area contributed by atoms with Gasteiger partial charge < -0.3 is 10.7 Å². The molecule has 0 bridgehead atoms. The van der Waals surface area contributed by atoms with Crippen molar-refractivity contribution >= 4 is 0 Å². The molecule has 17 heavy (non-hydrogen) atoms. The first-order valence-corrected chi connectivity index (χ1v) is 6.18. The number of benzene rings is 1. The van der Waals surface area contributed by atoms with Crippen LogP contribution < -0.4 is 5.73 Å². The number of nitrogens with one attached hydrogen (secondary N) is 1. The summed E-state index contributed by atoms with van der Waals surface area (Å²) in [7, 11) is 0. The average molecular weight is 227 g/mol. The van der Waals surface area contributed by atoms with E-state index < -0.39 is 0 Å². The molecule has 1 unspecified atom stereocenters. The Kier molecular flexibility index (Phi) is 2.69. The van der Waals surface area contributed by atoms with Crippen LogP contribution in [0.5, 0.6) is 0 Å². The predicted molar refractivity (Wildman–Crippen MR) is 67.7 cm³/mol. The van der Waals surface area contributed by atoms with Gasteiger partial charge >= 0.3 is 0 Å². The van der Waals surface area contributed by atoms with Crippen molar-refractivity contribution in [3.63, 3.8) is 0 Å². The van der Waals surface area contributed by atoms with Crippen molar-refractivity contribution in [1.29, 1.82) is 0 Å². The quantitative estimate of drug-likeness (QED) is 0.844. The number of aryl methyl sites for hydroxylation is 2. The van der Waals surface area contributed by atoms with E-state index >= 15 is 0 Å². The van der Waals surface area contributed by atoms with Crippen molar-refractivity contribution in [2.45, 2.75) is 31.7 Å². The largest absolute Gasteiger partial charge is 0.347 e. The van der Waals surface area contributed by atoms with E-state index in [1.54, 1.807) is 6.20 Å². The van der Waals surface area contributed by atoms with Crippen molar-refractivity contribution in [3.8, 4) is 0 Å². The number of aromatic nitrogens is 2. The van der Waals surface area contributed by atoms with Crippen molar-refractivity contribution < 1.29 is 0 Å². The van der Waals surface area contributed by atoms with Gasteiger partial charge in [0.2, 0.25) is 0 Å². The monoisotopic (exact) mass is 227 g/mol. The molecule has 0 saturated heterocycles. The van der Waals surface area contributed by atoms with E-state index in [1.807, 2.05) is 6.20 Å². The molecule has 88 valence electrons. The zero-order valence-corrected chi connectivity index (χ0v) is 9.82. The van der Waals surface area contributed by atoms with Gasteiger partial charge in [0.05, 0.1) is 6.04 Å². The Balaban J connectivity index is 1.77. The summed E-state index contributed by atoms with van der Waals surface area (Å²) in [6, 6.07) is 6.73. The average Bonchev–Trinajstić information content (AvgIpc) is 2.99. The van der Waals surface area contributed by atoms with Gasteiger partial charge in [0.15, 0.2) is 0 Å². The molecular weight excluding hydrogens is 210 g/mol. The normalized spacial score (nSPS) is 15.8. The predicted octanol–water partition coefficient (Wildman–Crippen LogP) is 2.14. The number of fused-ring (bicyclic) bond motifs is 1. The first-order valence-electron chi connectivity index (χ1n) is 6.18. The minimum absolute atomic E-state index is 0.0375. The van der Waals surface area contributed by atoms with Crippen LogP contribution in [0.3, 0.4) is 0 Å². The second kappa shape index (κ2) is 4.34. The highest BCUT2D eigenvalue weighted by atomic mass is 14.9. The Labute approximate surface area is 101 Å². The Hall–Kier alpha value is -1.61. The molecule has 1 atom stereocenters. The molecule has 0 fully saturated rings. The summed E-state index contributed by atoms with van der Waals surface area (Å²) in [5, 5.41) is 0. The minimum Gasteiger partial charge on any atom is -0.347 e. The molecule has 0 radical (unpaired) electrons. The number of imidazole rings is 1. The van der Waals surface area contributed by atoms with Gasteiger partial charge in [0, 0.05) is 12.4 Å². The molecule has 1 heterocycles. The highest BCUT2D eigenvalue weighted by molar-refractivity contribution is 5.35. The molecule has 1 aromatic heterocycles. The topological polar surface area (TPSA) is 54.7 Å². The summed E-state index contributed by atoms with van der Waals surface area (Å²) in [6.07, 6.45) is 8.17. The molecule has 0 saturated carbocycles. The molecule has 0 aliphatic heterocycles. The Bertz CT molecular complexity index is 502. The molecule has 1 aliphatic rings. The molecule has 0 amide bonds. The molecule has 3 heteroatoms. The SMILES string of the molecule is NC(Cc1ccc2c(c1)CCC2)c1ncc[nH]1. The van der Waals surface area contributed by atoms with E-state index in [0.29, 0.717) is 0 Å². The van der Waals surface area contributed by atoms with Gasteiger partial charge in [-0.15, -0.1) is 0 Å². The summed E-state index contributed by atoms with van der Waals surface area (Å²) in [5.41, 5.74) is 10.5. The standard InChI is InChI=1S/C14H17N3/c15-13(14-16-6-7-17-14)9-10-4-5-11-2-1-3-12(11)8-10/h4-8,13H,1-3,9,15H2,(H,16,17). The molecule has 3 nitrogen and oxygen atoms in total. The zero-order valence-electron chi connectivity index (χ0n) is 9.82. The van der Waals surface area contributed by atoms with Gasteiger partial charge in [-0.25, -0.2) is 4.98 Å². The van der Waals surface area contributed by atoms with E-state index in [-0.39, 0.29) is 6.04 Å². The van der Waals surface area contributed by atoms with Crippen LogP contribution in [-0.4, -0.2) is 9.97 Å². The number of nitrogens with two attached hydrogens (primary N) is 1. The molecule has 1 aromatic carbocycles. The van der Waals surface area contributed by atoms with Crippen LogP contribution in [0, 0.1) is 0 Å². The van der Waals surface area contributed by atoms with Gasteiger partial charge in [-0.05, 0) is 42.4 Å². The van der Waals surface area contributed by atoms with Crippen LogP contribution in [-0.2, 0) is 19.3 Å². The highest BCUT2D eigenvalue weighted by Crippen LogP contribution is 2.24. The van der Waals surface area contributed by atoms with Gasteiger partial charge in [-0.2, -0.15) is 0 Å². The van der Waals surface area contributed by atoms with Crippen molar-refractivity contribution in [3.05, 3.63) is 53.1 Å². The van der Waals surface area contributed by atoms with E-state index in [9.17, 15) is 0 Å². The van der Waals surface area contributed by atoms with E-state index in [1.165, 1.54) is 36.0 Å². The van der Waals surface area contributed by atoms with Crippen LogP contribution >= 0.6 is 0 Å². The van der Waals surface area contributed by atoms with Gasteiger partial charge in [0.1, 0.15) is 5.82 Å². The number of nitrogens with zero attached hydrogens (tertiary/aromatic N) is 1. The number of hydrogen-bond donors (Lipinski definition) is 2. The van der Waals surface area contributed by atoms with Crippen LogP contribution in [0.4, 0.5) is 0 Å². The molecular formula is C14H17N3. The van der Waals surface area contributed by atoms with Crippen molar-refractivity contribution in [2.24, 2.45) is 5.73 Å². The lowest BCUT2D eigenvalue weighted by Crippen LogP contribution is -2.15. The smallest absolute Gasteiger partial charge is 0.123 e. The highest BCUT2D eigenvalue weighted by Gasteiger charge is 2.13. The lowest BCUT2D eigenvalue weighted by Gasteiger charge is -2.10. The minimum atomic E-state index is -0.0375. The van der Waals surface area contributed by atoms with E-state index in [0.717, 1.165) is 12.2 Å². The Morgan fingerprint density at radius 1 is 1.29 bits per heavy atom. The first-order chi connectivity index (χ1) is 8.33. The third-order valence-electron chi connectivity index (χ3n) is 3.49.